The van der Waals surface area contributed by atoms with Crippen molar-refractivity contribution in [3.05, 3.63) is 65.5 Å². The van der Waals surface area contributed by atoms with Crippen LogP contribution in [-0.4, -0.2) is 29.4 Å². The smallest absolute Gasteiger partial charge is 0.270 e. The first-order chi connectivity index (χ1) is 12.2. The van der Waals surface area contributed by atoms with Crippen LogP contribution in [0.3, 0.4) is 0 Å². The van der Waals surface area contributed by atoms with E-state index >= 15 is 0 Å². The summed E-state index contributed by atoms with van der Waals surface area (Å²) in [7, 11) is 0. The maximum absolute atomic E-state index is 12.3. The van der Waals surface area contributed by atoms with Crippen molar-refractivity contribution < 1.29 is 9.59 Å². The monoisotopic (exact) mass is 337 g/mol. The molecule has 0 saturated heterocycles. The molecule has 0 aliphatic heterocycles. The van der Waals surface area contributed by atoms with E-state index in [-0.39, 0.29) is 23.6 Å². The SMILES string of the molecule is O=C(NCCc1ccccc1)c1cccc(C(=O)NC2CCCC2)n1. The van der Waals surface area contributed by atoms with Gasteiger partial charge in [0.05, 0.1) is 0 Å². The Kier molecular flexibility index (Phi) is 5.77. The summed E-state index contributed by atoms with van der Waals surface area (Å²) in [6, 6.07) is 15.2. The van der Waals surface area contributed by atoms with Crippen molar-refractivity contribution in [1.29, 1.82) is 0 Å². The molecule has 1 aliphatic carbocycles. The van der Waals surface area contributed by atoms with Gasteiger partial charge in [0.25, 0.3) is 11.8 Å². The Morgan fingerprint density at radius 3 is 2.32 bits per heavy atom. The minimum atomic E-state index is -0.258. The number of nitrogens with one attached hydrogen (secondary N) is 2. The van der Waals surface area contributed by atoms with Gasteiger partial charge in [-0.25, -0.2) is 4.98 Å². The zero-order chi connectivity index (χ0) is 17.5. The van der Waals surface area contributed by atoms with Gasteiger partial charge in [-0.05, 0) is 37.0 Å². The second kappa shape index (κ2) is 8.42. The zero-order valence-corrected chi connectivity index (χ0v) is 14.2. The second-order valence-corrected chi connectivity index (χ2v) is 6.35. The van der Waals surface area contributed by atoms with Crippen LogP contribution in [0.25, 0.3) is 0 Å². The highest BCUT2D eigenvalue weighted by molar-refractivity contribution is 5.96. The van der Waals surface area contributed by atoms with Crippen LogP contribution in [0.2, 0.25) is 0 Å². The third-order valence-corrected chi connectivity index (χ3v) is 4.45. The fraction of sp³-hybridized carbons (Fsp3) is 0.350. The molecule has 3 rings (SSSR count). The van der Waals surface area contributed by atoms with Gasteiger partial charge < -0.3 is 10.6 Å². The van der Waals surface area contributed by atoms with Crippen molar-refractivity contribution in [3.8, 4) is 0 Å². The van der Waals surface area contributed by atoms with Crippen LogP contribution >= 0.6 is 0 Å². The van der Waals surface area contributed by atoms with Gasteiger partial charge in [0, 0.05) is 12.6 Å². The van der Waals surface area contributed by atoms with Crippen LogP contribution < -0.4 is 10.6 Å². The molecule has 1 aliphatic rings. The molecule has 0 atom stereocenters. The van der Waals surface area contributed by atoms with Crippen LogP contribution in [-0.2, 0) is 6.42 Å². The lowest BCUT2D eigenvalue weighted by atomic mass is 10.1. The van der Waals surface area contributed by atoms with E-state index in [1.165, 1.54) is 5.56 Å². The molecule has 2 amide bonds. The molecule has 2 N–H and O–H groups in total. The van der Waals surface area contributed by atoms with E-state index in [4.69, 9.17) is 0 Å². The van der Waals surface area contributed by atoms with Gasteiger partial charge in [-0.2, -0.15) is 0 Å². The van der Waals surface area contributed by atoms with E-state index in [0.29, 0.717) is 12.2 Å². The summed E-state index contributed by atoms with van der Waals surface area (Å²) in [4.78, 5) is 28.7. The number of hydrogen-bond acceptors (Lipinski definition) is 3. The second-order valence-electron chi connectivity index (χ2n) is 6.35. The molecule has 25 heavy (non-hydrogen) atoms. The van der Waals surface area contributed by atoms with Crippen LogP contribution in [0.4, 0.5) is 0 Å². The fourth-order valence-corrected chi connectivity index (χ4v) is 3.07. The molecular formula is C20H23N3O2. The van der Waals surface area contributed by atoms with Crippen molar-refractivity contribution in [3.63, 3.8) is 0 Å². The van der Waals surface area contributed by atoms with Crippen LogP contribution in [0.1, 0.15) is 52.2 Å². The van der Waals surface area contributed by atoms with Crippen molar-refractivity contribution in [1.82, 2.24) is 15.6 Å². The molecule has 0 spiro atoms. The van der Waals surface area contributed by atoms with Crippen molar-refractivity contribution in [2.45, 2.75) is 38.1 Å². The predicted molar refractivity (Wildman–Crippen MR) is 96.4 cm³/mol. The number of aromatic nitrogens is 1. The first kappa shape index (κ1) is 17.1. The van der Waals surface area contributed by atoms with Crippen molar-refractivity contribution in [2.75, 3.05) is 6.54 Å². The van der Waals surface area contributed by atoms with Gasteiger partial charge in [-0.3, -0.25) is 9.59 Å². The number of amides is 2. The summed E-state index contributed by atoms with van der Waals surface area (Å²) in [6.45, 7) is 0.531. The Morgan fingerprint density at radius 1 is 0.920 bits per heavy atom. The average Bonchev–Trinajstić information content (AvgIpc) is 3.15. The minimum absolute atomic E-state index is 0.203. The van der Waals surface area contributed by atoms with Crippen LogP contribution in [0, 0.1) is 0 Å². The third-order valence-electron chi connectivity index (χ3n) is 4.45. The molecule has 1 saturated carbocycles. The van der Waals surface area contributed by atoms with E-state index in [1.807, 2.05) is 30.3 Å². The molecule has 5 heteroatoms. The highest BCUT2D eigenvalue weighted by Crippen LogP contribution is 2.18. The van der Waals surface area contributed by atoms with E-state index in [1.54, 1.807) is 18.2 Å². The number of carbonyl (C=O) groups is 2. The molecule has 2 aromatic rings. The molecular weight excluding hydrogens is 314 g/mol. The Hall–Kier alpha value is -2.69. The van der Waals surface area contributed by atoms with E-state index in [9.17, 15) is 9.59 Å². The molecule has 1 fully saturated rings. The lowest BCUT2D eigenvalue weighted by Crippen LogP contribution is -2.34. The summed E-state index contributed by atoms with van der Waals surface area (Å²) in [6.07, 6.45) is 5.11. The molecule has 0 unspecified atom stereocenters. The summed E-state index contributed by atoms with van der Waals surface area (Å²) in [5.41, 5.74) is 1.73. The van der Waals surface area contributed by atoms with E-state index in [2.05, 4.69) is 15.6 Å². The summed E-state index contributed by atoms with van der Waals surface area (Å²) in [5.74, 6) is -0.461. The highest BCUT2D eigenvalue weighted by atomic mass is 16.2. The summed E-state index contributed by atoms with van der Waals surface area (Å²) in [5, 5.41) is 5.85. The lowest BCUT2D eigenvalue weighted by Gasteiger charge is -2.12. The molecule has 5 nitrogen and oxygen atoms in total. The quantitative estimate of drug-likeness (QED) is 0.851. The van der Waals surface area contributed by atoms with Crippen molar-refractivity contribution in [2.24, 2.45) is 0 Å². The largest absolute Gasteiger partial charge is 0.350 e. The van der Waals surface area contributed by atoms with Gasteiger partial charge in [-0.15, -0.1) is 0 Å². The maximum atomic E-state index is 12.3. The Morgan fingerprint density at radius 2 is 1.60 bits per heavy atom. The number of rotatable bonds is 6. The summed E-state index contributed by atoms with van der Waals surface area (Å²) < 4.78 is 0. The number of nitrogens with zero attached hydrogens (tertiary/aromatic N) is 1. The number of carbonyl (C=O) groups excluding carboxylic acids is 2. The Bertz CT molecular complexity index is 725. The Balaban J connectivity index is 1.54. The zero-order valence-electron chi connectivity index (χ0n) is 14.2. The molecule has 130 valence electrons. The van der Waals surface area contributed by atoms with Gasteiger partial charge in [0.1, 0.15) is 11.4 Å². The topological polar surface area (TPSA) is 71.1 Å². The standard InChI is InChI=1S/C20H23N3O2/c24-19(21-14-13-15-7-2-1-3-8-15)17-11-6-12-18(23-17)20(25)22-16-9-4-5-10-16/h1-3,6-8,11-12,16H,4-5,9-10,13-14H2,(H,21,24)(H,22,25). The highest BCUT2D eigenvalue weighted by Gasteiger charge is 2.19. The van der Waals surface area contributed by atoms with E-state index < -0.39 is 0 Å². The Labute approximate surface area is 147 Å². The minimum Gasteiger partial charge on any atom is -0.350 e. The summed E-state index contributed by atoms with van der Waals surface area (Å²) >= 11 is 0. The van der Waals surface area contributed by atoms with Crippen LogP contribution in [0.5, 0.6) is 0 Å². The number of hydrogen-bond donors (Lipinski definition) is 2. The first-order valence-corrected chi connectivity index (χ1v) is 8.82. The van der Waals surface area contributed by atoms with Gasteiger partial charge in [0.15, 0.2) is 0 Å². The van der Waals surface area contributed by atoms with E-state index in [0.717, 1.165) is 32.1 Å². The van der Waals surface area contributed by atoms with Gasteiger partial charge >= 0.3 is 0 Å². The molecule has 0 radical (unpaired) electrons. The lowest BCUT2D eigenvalue weighted by molar-refractivity contribution is 0.0932. The molecule has 0 bridgehead atoms. The third kappa shape index (κ3) is 4.89. The number of benzene rings is 1. The van der Waals surface area contributed by atoms with Gasteiger partial charge in [-0.1, -0.05) is 49.2 Å². The first-order valence-electron chi connectivity index (χ1n) is 8.82. The molecule has 1 aromatic heterocycles. The average molecular weight is 337 g/mol. The van der Waals surface area contributed by atoms with Gasteiger partial charge in [0.2, 0.25) is 0 Å². The number of pyridine rings is 1. The predicted octanol–water partition coefficient (Wildman–Crippen LogP) is 2.73. The fourth-order valence-electron chi connectivity index (χ4n) is 3.07. The normalized spacial score (nSPS) is 14.2. The maximum Gasteiger partial charge on any atom is 0.270 e. The molecule has 1 heterocycles. The van der Waals surface area contributed by atoms with Crippen LogP contribution in [0.15, 0.2) is 48.5 Å². The molecule has 1 aromatic carbocycles. The van der Waals surface area contributed by atoms with Crippen molar-refractivity contribution >= 4 is 11.8 Å².